The van der Waals surface area contributed by atoms with Crippen molar-refractivity contribution in [1.82, 2.24) is 20.5 Å². The van der Waals surface area contributed by atoms with Gasteiger partial charge in [-0.3, -0.25) is 9.89 Å². The molecular formula is C17H17N5O2. The number of nitrogens with zero attached hydrogens (tertiary/aromatic N) is 2. The van der Waals surface area contributed by atoms with Gasteiger partial charge in [-0.05, 0) is 48.5 Å². The second-order valence-electron chi connectivity index (χ2n) is 5.14. The molecule has 0 atom stereocenters. The average molecular weight is 323 g/mol. The number of H-pyrrole nitrogens is 1. The Bertz CT molecular complexity index is 825. The van der Waals surface area contributed by atoms with Crippen molar-refractivity contribution >= 4 is 11.6 Å². The highest BCUT2D eigenvalue weighted by Crippen LogP contribution is 2.18. The molecule has 1 aromatic heterocycles. The molecule has 1 amide bonds. The number of nitrogens with two attached hydrogens (primary N) is 1. The molecule has 0 saturated heterocycles. The van der Waals surface area contributed by atoms with E-state index in [1.165, 1.54) is 0 Å². The fraction of sp³-hybridized carbons (Fsp3) is 0.118. The van der Waals surface area contributed by atoms with Crippen molar-refractivity contribution in [3.05, 3.63) is 59.9 Å². The summed E-state index contributed by atoms with van der Waals surface area (Å²) < 4.78 is 5.12. The summed E-state index contributed by atoms with van der Waals surface area (Å²) in [4.78, 5) is 16.4. The van der Waals surface area contributed by atoms with Crippen LogP contribution >= 0.6 is 0 Å². The third-order valence-corrected chi connectivity index (χ3v) is 3.47. The normalized spacial score (nSPS) is 10.4. The zero-order valence-electron chi connectivity index (χ0n) is 13.1. The largest absolute Gasteiger partial charge is 0.497 e. The van der Waals surface area contributed by atoms with Gasteiger partial charge in [-0.25, -0.2) is 4.98 Å². The van der Waals surface area contributed by atoms with Crippen LogP contribution in [-0.2, 0) is 6.54 Å². The van der Waals surface area contributed by atoms with Gasteiger partial charge in [0.1, 0.15) is 11.6 Å². The van der Waals surface area contributed by atoms with Crippen LogP contribution < -0.4 is 15.8 Å². The molecule has 0 bridgehead atoms. The Labute approximate surface area is 138 Å². The molecule has 3 rings (SSSR count). The fourth-order valence-corrected chi connectivity index (χ4v) is 2.14. The lowest BCUT2D eigenvalue weighted by atomic mass is 10.2. The minimum absolute atomic E-state index is 0.197. The van der Waals surface area contributed by atoms with Gasteiger partial charge in [0.05, 0.1) is 13.7 Å². The second-order valence-corrected chi connectivity index (χ2v) is 5.14. The topological polar surface area (TPSA) is 106 Å². The average Bonchev–Trinajstić information content (AvgIpc) is 3.09. The first-order valence-corrected chi connectivity index (χ1v) is 7.35. The van der Waals surface area contributed by atoms with E-state index in [1.54, 1.807) is 31.4 Å². The number of aromatic amines is 1. The maximum absolute atomic E-state index is 12.0. The molecule has 4 N–H and O–H groups in total. The Morgan fingerprint density at radius 1 is 1.17 bits per heavy atom. The number of carbonyl (C=O) groups excluding carboxylic acids is 1. The first-order chi connectivity index (χ1) is 11.7. The summed E-state index contributed by atoms with van der Waals surface area (Å²) in [5.74, 6) is 1.71. The van der Waals surface area contributed by atoms with Crippen LogP contribution in [0.2, 0.25) is 0 Å². The Balaban J connectivity index is 1.63. The van der Waals surface area contributed by atoms with Gasteiger partial charge < -0.3 is 15.8 Å². The lowest BCUT2D eigenvalue weighted by molar-refractivity contribution is 0.0950. The summed E-state index contributed by atoms with van der Waals surface area (Å²) in [7, 11) is 1.61. The predicted octanol–water partition coefficient (Wildman–Crippen LogP) is 1.99. The molecular weight excluding hydrogens is 306 g/mol. The standard InChI is InChI=1S/C17H17N5O2/c1-24-14-8-4-11(5-9-14)16-20-15(21-22-16)10-19-17(23)12-2-6-13(18)7-3-12/h2-9H,10,18H2,1H3,(H,19,23)(H,20,21,22). The SMILES string of the molecule is COc1ccc(-c2n[nH]c(CNC(=O)c3ccc(N)cc3)n2)cc1. The van der Waals surface area contributed by atoms with E-state index in [-0.39, 0.29) is 12.5 Å². The third kappa shape index (κ3) is 3.52. The van der Waals surface area contributed by atoms with Crippen molar-refractivity contribution in [2.45, 2.75) is 6.54 Å². The van der Waals surface area contributed by atoms with Gasteiger partial charge in [0.15, 0.2) is 5.82 Å². The van der Waals surface area contributed by atoms with E-state index in [9.17, 15) is 4.79 Å². The van der Waals surface area contributed by atoms with Crippen molar-refractivity contribution in [3.8, 4) is 17.1 Å². The highest BCUT2D eigenvalue weighted by Gasteiger charge is 2.09. The molecule has 0 aliphatic carbocycles. The molecule has 2 aromatic carbocycles. The molecule has 122 valence electrons. The predicted molar refractivity (Wildman–Crippen MR) is 90.4 cm³/mol. The van der Waals surface area contributed by atoms with Crippen LogP contribution in [0.4, 0.5) is 5.69 Å². The van der Waals surface area contributed by atoms with E-state index in [0.717, 1.165) is 11.3 Å². The monoisotopic (exact) mass is 323 g/mol. The molecule has 24 heavy (non-hydrogen) atoms. The van der Waals surface area contributed by atoms with Crippen LogP contribution in [-0.4, -0.2) is 28.2 Å². The molecule has 7 nitrogen and oxygen atoms in total. The Morgan fingerprint density at radius 3 is 2.54 bits per heavy atom. The molecule has 7 heteroatoms. The zero-order valence-corrected chi connectivity index (χ0v) is 13.1. The van der Waals surface area contributed by atoms with Crippen molar-refractivity contribution < 1.29 is 9.53 Å². The minimum Gasteiger partial charge on any atom is -0.497 e. The van der Waals surface area contributed by atoms with Crippen molar-refractivity contribution in [2.75, 3.05) is 12.8 Å². The van der Waals surface area contributed by atoms with E-state index in [4.69, 9.17) is 10.5 Å². The van der Waals surface area contributed by atoms with Crippen LogP contribution in [0, 0.1) is 0 Å². The number of hydrogen-bond acceptors (Lipinski definition) is 5. The van der Waals surface area contributed by atoms with Gasteiger partial charge in [-0.15, -0.1) is 0 Å². The van der Waals surface area contributed by atoms with Crippen LogP contribution in [0.15, 0.2) is 48.5 Å². The van der Waals surface area contributed by atoms with Crippen molar-refractivity contribution in [2.24, 2.45) is 0 Å². The highest BCUT2D eigenvalue weighted by molar-refractivity contribution is 5.94. The van der Waals surface area contributed by atoms with Gasteiger partial charge in [-0.1, -0.05) is 0 Å². The van der Waals surface area contributed by atoms with Crippen molar-refractivity contribution in [1.29, 1.82) is 0 Å². The number of hydrogen-bond donors (Lipinski definition) is 3. The van der Waals surface area contributed by atoms with Gasteiger partial charge >= 0.3 is 0 Å². The summed E-state index contributed by atoms with van der Waals surface area (Å²) in [6, 6.07) is 14.2. The number of anilines is 1. The number of nitrogens with one attached hydrogen (secondary N) is 2. The highest BCUT2D eigenvalue weighted by atomic mass is 16.5. The summed E-state index contributed by atoms with van der Waals surface area (Å²) in [6.45, 7) is 0.256. The quantitative estimate of drug-likeness (QED) is 0.623. The minimum atomic E-state index is -0.197. The van der Waals surface area contributed by atoms with E-state index < -0.39 is 0 Å². The van der Waals surface area contributed by atoms with E-state index >= 15 is 0 Å². The van der Waals surface area contributed by atoms with Gasteiger partial charge in [0, 0.05) is 16.8 Å². The van der Waals surface area contributed by atoms with Crippen LogP contribution in [0.1, 0.15) is 16.2 Å². The number of nitrogen functional groups attached to an aromatic ring is 1. The Kier molecular flexibility index (Phi) is 4.42. The smallest absolute Gasteiger partial charge is 0.251 e. The molecule has 0 unspecified atom stereocenters. The molecule has 0 saturated carbocycles. The maximum atomic E-state index is 12.0. The lowest BCUT2D eigenvalue weighted by Crippen LogP contribution is -2.23. The number of ether oxygens (including phenoxy) is 1. The summed E-state index contributed by atoms with van der Waals surface area (Å²) in [5, 5.41) is 9.77. The molecule has 3 aromatic rings. The first kappa shape index (κ1) is 15.5. The van der Waals surface area contributed by atoms with Gasteiger partial charge in [0.2, 0.25) is 0 Å². The Hall–Kier alpha value is -3.35. The number of carbonyl (C=O) groups is 1. The molecule has 0 aliphatic heterocycles. The third-order valence-electron chi connectivity index (χ3n) is 3.47. The first-order valence-electron chi connectivity index (χ1n) is 7.35. The van der Waals surface area contributed by atoms with Crippen molar-refractivity contribution in [3.63, 3.8) is 0 Å². The fourth-order valence-electron chi connectivity index (χ4n) is 2.14. The molecule has 0 spiro atoms. The second kappa shape index (κ2) is 6.82. The molecule has 0 aliphatic rings. The zero-order chi connectivity index (χ0) is 16.9. The summed E-state index contributed by atoms with van der Waals surface area (Å²) in [5.41, 5.74) is 7.63. The number of methoxy groups -OCH3 is 1. The summed E-state index contributed by atoms with van der Waals surface area (Å²) >= 11 is 0. The number of benzene rings is 2. The molecule has 0 radical (unpaired) electrons. The van der Waals surface area contributed by atoms with Crippen LogP contribution in [0.25, 0.3) is 11.4 Å². The number of rotatable bonds is 5. The lowest BCUT2D eigenvalue weighted by Gasteiger charge is -2.03. The van der Waals surface area contributed by atoms with E-state index in [2.05, 4.69) is 20.5 Å². The van der Waals surface area contributed by atoms with Crippen LogP contribution in [0.5, 0.6) is 5.75 Å². The molecule has 1 heterocycles. The van der Waals surface area contributed by atoms with Crippen LogP contribution in [0.3, 0.4) is 0 Å². The van der Waals surface area contributed by atoms with Gasteiger partial charge in [-0.2, -0.15) is 5.10 Å². The number of amides is 1. The summed E-state index contributed by atoms with van der Waals surface area (Å²) in [6.07, 6.45) is 0. The van der Waals surface area contributed by atoms with Gasteiger partial charge in [0.25, 0.3) is 5.91 Å². The number of aromatic nitrogens is 3. The van der Waals surface area contributed by atoms with E-state index in [0.29, 0.717) is 22.9 Å². The Morgan fingerprint density at radius 2 is 1.88 bits per heavy atom. The maximum Gasteiger partial charge on any atom is 0.251 e. The molecule has 0 fully saturated rings. The van der Waals surface area contributed by atoms with E-state index in [1.807, 2.05) is 24.3 Å².